The standard InChI is InChI=1S/C17H27ClN2O/c1-12(2)10-16(17(21)20(4)5)19-13(3)11-14-6-8-15(18)9-7-14/h6-9,12-13,16,19H,10-11H2,1-5H3. The minimum absolute atomic E-state index is 0.123. The molecule has 0 bridgehead atoms. The lowest BCUT2D eigenvalue weighted by Crippen LogP contribution is -2.48. The molecular weight excluding hydrogens is 284 g/mol. The van der Waals surface area contributed by atoms with Crippen molar-refractivity contribution in [1.29, 1.82) is 0 Å². The number of nitrogens with zero attached hydrogens (tertiary/aromatic N) is 1. The highest BCUT2D eigenvalue weighted by atomic mass is 35.5. The second-order valence-corrected chi connectivity index (χ2v) is 6.75. The van der Waals surface area contributed by atoms with Gasteiger partial charge in [-0.15, -0.1) is 0 Å². The van der Waals surface area contributed by atoms with Crippen molar-refractivity contribution in [1.82, 2.24) is 10.2 Å². The fourth-order valence-corrected chi connectivity index (χ4v) is 2.53. The van der Waals surface area contributed by atoms with E-state index in [0.717, 1.165) is 17.9 Å². The van der Waals surface area contributed by atoms with Gasteiger partial charge in [0.25, 0.3) is 0 Å². The maximum atomic E-state index is 12.3. The summed E-state index contributed by atoms with van der Waals surface area (Å²) in [7, 11) is 3.61. The first-order valence-corrected chi connectivity index (χ1v) is 7.89. The van der Waals surface area contributed by atoms with E-state index in [1.807, 2.05) is 24.3 Å². The second kappa shape index (κ2) is 8.40. The molecule has 0 heterocycles. The van der Waals surface area contributed by atoms with Crippen molar-refractivity contribution < 1.29 is 4.79 Å². The second-order valence-electron chi connectivity index (χ2n) is 6.31. The van der Waals surface area contributed by atoms with Gasteiger partial charge in [-0.2, -0.15) is 0 Å². The Labute approximate surface area is 133 Å². The molecule has 0 saturated heterocycles. The lowest BCUT2D eigenvalue weighted by molar-refractivity contribution is -0.131. The molecule has 1 N–H and O–H groups in total. The van der Waals surface area contributed by atoms with Gasteiger partial charge in [0.2, 0.25) is 5.91 Å². The van der Waals surface area contributed by atoms with Crippen molar-refractivity contribution >= 4 is 17.5 Å². The first kappa shape index (κ1) is 18.0. The fraction of sp³-hybridized carbons (Fsp3) is 0.588. The fourth-order valence-electron chi connectivity index (χ4n) is 2.40. The van der Waals surface area contributed by atoms with Gasteiger partial charge in [0.1, 0.15) is 0 Å². The van der Waals surface area contributed by atoms with Gasteiger partial charge in [0.15, 0.2) is 0 Å². The van der Waals surface area contributed by atoms with Gasteiger partial charge in [-0.3, -0.25) is 4.79 Å². The molecule has 0 aromatic heterocycles. The van der Waals surface area contributed by atoms with Gasteiger partial charge >= 0.3 is 0 Å². The number of hydrogen-bond donors (Lipinski definition) is 1. The molecule has 21 heavy (non-hydrogen) atoms. The zero-order chi connectivity index (χ0) is 16.0. The third-order valence-electron chi connectivity index (χ3n) is 3.39. The van der Waals surface area contributed by atoms with E-state index in [2.05, 4.69) is 26.1 Å². The topological polar surface area (TPSA) is 32.3 Å². The van der Waals surface area contributed by atoms with Crippen molar-refractivity contribution in [2.45, 2.75) is 45.7 Å². The highest BCUT2D eigenvalue weighted by molar-refractivity contribution is 6.30. The Morgan fingerprint density at radius 1 is 1.19 bits per heavy atom. The minimum atomic E-state index is -0.123. The van der Waals surface area contributed by atoms with Crippen molar-refractivity contribution in [3.8, 4) is 0 Å². The number of amides is 1. The average molecular weight is 311 g/mol. The normalized spacial score (nSPS) is 14.0. The zero-order valence-electron chi connectivity index (χ0n) is 13.7. The molecule has 0 saturated carbocycles. The van der Waals surface area contributed by atoms with E-state index in [1.54, 1.807) is 19.0 Å². The van der Waals surface area contributed by atoms with Crippen LogP contribution in [-0.2, 0) is 11.2 Å². The first-order valence-electron chi connectivity index (χ1n) is 7.51. The maximum Gasteiger partial charge on any atom is 0.239 e. The largest absolute Gasteiger partial charge is 0.347 e. The van der Waals surface area contributed by atoms with Crippen LogP contribution in [0.1, 0.15) is 32.8 Å². The molecule has 2 unspecified atom stereocenters. The molecule has 0 fully saturated rings. The van der Waals surface area contributed by atoms with Crippen LogP contribution in [0, 0.1) is 5.92 Å². The quantitative estimate of drug-likeness (QED) is 0.837. The van der Waals surface area contributed by atoms with Crippen LogP contribution in [0.3, 0.4) is 0 Å². The molecule has 2 atom stereocenters. The van der Waals surface area contributed by atoms with E-state index < -0.39 is 0 Å². The van der Waals surface area contributed by atoms with Crippen LogP contribution in [0.4, 0.5) is 0 Å². The van der Waals surface area contributed by atoms with Crippen LogP contribution in [0.15, 0.2) is 24.3 Å². The zero-order valence-corrected chi connectivity index (χ0v) is 14.4. The monoisotopic (exact) mass is 310 g/mol. The van der Waals surface area contributed by atoms with E-state index in [-0.39, 0.29) is 18.0 Å². The molecular formula is C17H27ClN2O. The summed E-state index contributed by atoms with van der Waals surface area (Å²) in [4.78, 5) is 13.9. The number of benzene rings is 1. The molecule has 0 aliphatic heterocycles. The van der Waals surface area contributed by atoms with Crippen LogP contribution in [-0.4, -0.2) is 37.0 Å². The number of hydrogen-bond acceptors (Lipinski definition) is 2. The van der Waals surface area contributed by atoms with Gasteiger partial charge in [0, 0.05) is 25.2 Å². The summed E-state index contributed by atoms with van der Waals surface area (Å²) in [6.07, 6.45) is 1.73. The highest BCUT2D eigenvalue weighted by Gasteiger charge is 2.22. The van der Waals surface area contributed by atoms with E-state index >= 15 is 0 Å². The van der Waals surface area contributed by atoms with Crippen molar-refractivity contribution in [2.24, 2.45) is 5.92 Å². The van der Waals surface area contributed by atoms with Crippen LogP contribution >= 0.6 is 11.6 Å². The van der Waals surface area contributed by atoms with Crippen LogP contribution in [0.2, 0.25) is 5.02 Å². The van der Waals surface area contributed by atoms with Gasteiger partial charge in [0.05, 0.1) is 6.04 Å². The van der Waals surface area contributed by atoms with E-state index in [1.165, 1.54) is 5.56 Å². The van der Waals surface area contributed by atoms with Gasteiger partial charge in [-0.05, 0) is 43.4 Å². The molecule has 1 aromatic carbocycles. The highest BCUT2D eigenvalue weighted by Crippen LogP contribution is 2.13. The summed E-state index contributed by atoms with van der Waals surface area (Å²) in [6.45, 7) is 6.40. The predicted molar refractivity (Wildman–Crippen MR) is 89.7 cm³/mol. The Morgan fingerprint density at radius 2 is 1.76 bits per heavy atom. The summed E-state index contributed by atoms with van der Waals surface area (Å²) in [5.41, 5.74) is 1.22. The summed E-state index contributed by atoms with van der Waals surface area (Å²) in [6, 6.07) is 7.99. The van der Waals surface area contributed by atoms with Crippen LogP contribution in [0.25, 0.3) is 0 Å². The van der Waals surface area contributed by atoms with Crippen molar-refractivity contribution in [2.75, 3.05) is 14.1 Å². The van der Waals surface area contributed by atoms with Crippen molar-refractivity contribution in [3.05, 3.63) is 34.9 Å². The molecule has 1 aromatic rings. The van der Waals surface area contributed by atoms with Gasteiger partial charge in [-0.1, -0.05) is 37.6 Å². The Morgan fingerprint density at radius 3 is 2.24 bits per heavy atom. The third kappa shape index (κ3) is 6.49. The van der Waals surface area contributed by atoms with Crippen LogP contribution in [0.5, 0.6) is 0 Å². The molecule has 0 aliphatic rings. The molecule has 4 heteroatoms. The molecule has 0 radical (unpaired) electrons. The number of likely N-dealkylation sites (N-methyl/N-ethyl adjacent to an activating group) is 1. The van der Waals surface area contributed by atoms with E-state index in [0.29, 0.717) is 5.92 Å². The van der Waals surface area contributed by atoms with Crippen molar-refractivity contribution in [3.63, 3.8) is 0 Å². The van der Waals surface area contributed by atoms with E-state index in [4.69, 9.17) is 11.6 Å². The Balaban J connectivity index is 2.64. The average Bonchev–Trinajstić information content (AvgIpc) is 2.39. The molecule has 0 spiro atoms. The number of carbonyl (C=O) groups is 1. The molecule has 0 aliphatic carbocycles. The molecule has 1 rings (SSSR count). The number of nitrogens with one attached hydrogen (secondary N) is 1. The van der Waals surface area contributed by atoms with Gasteiger partial charge < -0.3 is 10.2 Å². The third-order valence-corrected chi connectivity index (χ3v) is 3.64. The van der Waals surface area contributed by atoms with Gasteiger partial charge in [-0.25, -0.2) is 0 Å². The lowest BCUT2D eigenvalue weighted by atomic mass is 10.0. The molecule has 118 valence electrons. The number of rotatable bonds is 7. The summed E-state index contributed by atoms with van der Waals surface area (Å²) in [5.74, 6) is 0.626. The van der Waals surface area contributed by atoms with Crippen LogP contribution < -0.4 is 5.32 Å². The summed E-state index contributed by atoms with van der Waals surface area (Å²) >= 11 is 5.90. The lowest BCUT2D eigenvalue weighted by Gasteiger charge is -2.26. The SMILES string of the molecule is CC(C)CC(NC(C)Cc1ccc(Cl)cc1)C(=O)N(C)C. The summed E-state index contributed by atoms with van der Waals surface area (Å²) < 4.78 is 0. The van der Waals surface area contributed by atoms with E-state index in [9.17, 15) is 4.79 Å². The first-order chi connectivity index (χ1) is 9.79. The predicted octanol–water partition coefficient (Wildman–Crippen LogP) is 3.36. The molecule has 3 nitrogen and oxygen atoms in total. The minimum Gasteiger partial charge on any atom is -0.347 e. The maximum absolute atomic E-state index is 12.3. The number of carbonyl (C=O) groups excluding carboxylic acids is 1. The summed E-state index contributed by atoms with van der Waals surface area (Å²) in [5, 5.41) is 4.22. The number of halogens is 1. The molecule has 1 amide bonds. The Bertz CT molecular complexity index is 443. The Hall–Kier alpha value is -1.06. The smallest absolute Gasteiger partial charge is 0.239 e. The Kier molecular flexibility index (Phi) is 7.20.